The summed E-state index contributed by atoms with van der Waals surface area (Å²) in [7, 11) is 0. The van der Waals surface area contributed by atoms with Crippen molar-refractivity contribution < 1.29 is 9.53 Å². The number of piperidine rings is 1. The highest BCUT2D eigenvalue weighted by Gasteiger charge is 2.32. The van der Waals surface area contributed by atoms with Gasteiger partial charge in [0.05, 0.1) is 12.1 Å². The number of carbonyl (C=O) groups excluding carboxylic acids is 1. The maximum Gasteiger partial charge on any atom is 0.274 e. The first-order chi connectivity index (χ1) is 12.3. The number of nitrogens with zero attached hydrogens (tertiary/aromatic N) is 3. The van der Waals surface area contributed by atoms with E-state index >= 15 is 0 Å². The molecule has 6 nitrogen and oxygen atoms in total. The van der Waals surface area contributed by atoms with Crippen LogP contribution in [0.2, 0.25) is 0 Å². The molecule has 2 saturated heterocycles. The quantitative estimate of drug-likeness (QED) is 0.850. The smallest absolute Gasteiger partial charge is 0.274 e. The van der Waals surface area contributed by atoms with Crippen LogP contribution in [-0.2, 0) is 4.74 Å². The van der Waals surface area contributed by atoms with Gasteiger partial charge in [-0.1, -0.05) is 12.8 Å². The van der Waals surface area contributed by atoms with E-state index in [0.29, 0.717) is 17.8 Å². The first kappa shape index (κ1) is 19.6. The second kappa shape index (κ2) is 9.20. The number of hydrogen-bond acceptors (Lipinski definition) is 4. The molecule has 1 aromatic heterocycles. The highest BCUT2D eigenvalue weighted by atomic mass is 35.5. The maximum absolute atomic E-state index is 13.2. The van der Waals surface area contributed by atoms with Gasteiger partial charge < -0.3 is 15.0 Å². The van der Waals surface area contributed by atoms with Crippen LogP contribution in [0.3, 0.4) is 0 Å². The van der Waals surface area contributed by atoms with Gasteiger partial charge in [0.1, 0.15) is 5.69 Å². The van der Waals surface area contributed by atoms with E-state index in [2.05, 4.69) is 15.3 Å². The topological polar surface area (TPSA) is 59.4 Å². The number of halogens is 1. The SMILES string of the molecule is Cl.O=C(c1ccn(C2CCCNC2)n1)N(CC1CCCO1)C1CCCC1. The van der Waals surface area contributed by atoms with Crippen molar-refractivity contribution in [3.05, 3.63) is 18.0 Å². The molecule has 0 aromatic carbocycles. The van der Waals surface area contributed by atoms with Crippen LogP contribution in [-0.4, -0.2) is 59.0 Å². The van der Waals surface area contributed by atoms with Gasteiger partial charge in [-0.2, -0.15) is 5.10 Å². The third kappa shape index (κ3) is 4.41. The summed E-state index contributed by atoms with van der Waals surface area (Å²) in [6, 6.07) is 2.63. The zero-order chi connectivity index (χ0) is 17.1. The van der Waals surface area contributed by atoms with E-state index < -0.39 is 0 Å². The summed E-state index contributed by atoms with van der Waals surface area (Å²) in [5.74, 6) is 0.0879. The lowest BCUT2D eigenvalue weighted by molar-refractivity contribution is 0.0415. The number of amides is 1. The Morgan fingerprint density at radius 3 is 2.77 bits per heavy atom. The van der Waals surface area contributed by atoms with E-state index in [1.165, 1.54) is 19.3 Å². The van der Waals surface area contributed by atoms with Crippen molar-refractivity contribution >= 4 is 18.3 Å². The Balaban J connectivity index is 0.00000196. The summed E-state index contributed by atoms with van der Waals surface area (Å²) in [5, 5.41) is 8.06. The lowest BCUT2D eigenvalue weighted by atomic mass is 10.1. The van der Waals surface area contributed by atoms with Crippen LogP contribution >= 0.6 is 12.4 Å². The van der Waals surface area contributed by atoms with Gasteiger partial charge in [-0.05, 0) is 51.1 Å². The average molecular weight is 383 g/mol. The third-order valence-electron chi connectivity index (χ3n) is 5.92. The van der Waals surface area contributed by atoms with Crippen molar-refractivity contribution in [2.45, 2.75) is 69.6 Å². The molecule has 2 aliphatic heterocycles. The lowest BCUT2D eigenvalue weighted by Gasteiger charge is -2.30. The predicted octanol–water partition coefficient (Wildman–Crippen LogP) is 2.79. The molecule has 26 heavy (non-hydrogen) atoms. The van der Waals surface area contributed by atoms with Gasteiger partial charge in [0.2, 0.25) is 0 Å². The van der Waals surface area contributed by atoms with Gasteiger partial charge in [0, 0.05) is 31.9 Å². The van der Waals surface area contributed by atoms with Crippen molar-refractivity contribution in [1.29, 1.82) is 0 Å². The van der Waals surface area contributed by atoms with Gasteiger partial charge in [-0.25, -0.2) is 0 Å². The maximum atomic E-state index is 13.2. The standard InChI is InChI=1S/C19H30N4O2.ClH/c24-19(18-9-11-23(21-18)16-7-3-10-20-13-16)22(15-5-1-2-6-15)14-17-8-4-12-25-17;/h9,11,15-17,20H,1-8,10,12-14H2;1H. The molecule has 0 radical (unpaired) electrons. The third-order valence-corrected chi connectivity index (χ3v) is 5.92. The predicted molar refractivity (Wildman–Crippen MR) is 103 cm³/mol. The minimum absolute atomic E-state index is 0. The molecular formula is C19H31ClN4O2. The van der Waals surface area contributed by atoms with Crippen molar-refractivity contribution in [3.63, 3.8) is 0 Å². The Kier molecular flexibility index (Phi) is 6.95. The van der Waals surface area contributed by atoms with Gasteiger partial charge in [-0.3, -0.25) is 9.48 Å². The lowest BCUT2D eigenvalue weighted by Crippen LogP contribution is -2.43. The number of hydrogen-bond donors (Lipinski definition) is 1. The van der Waals surface area contributed by atoms with Crippen LogP contribution in [0.25, 0.3) is 0 Å². The highest BCUT2D eigenvalue weighted by molar-refractivity contribution is 5.92. The summed E-state index contributed by atoms with van der Waals surface area (Å²) < 4.78 is 7.79. The fraction of sp³-hybridized carbons (Fsp3) is 0.789. The summed E-state index contributed by atoms with van der Waals surface area (Å²) in [6.07, 6.45) is 11.3. The molecule has 0 bridgehead atoms. The van der Waals surface area contributed by atoms with Gasteiger partial charge in [0.15, 0.2) is 0 Å². The van der Waals surface area contributed by atoms with Crippen molar-refractivity contribution in [1.82, 2.24) is 20.0 Å². The molecule has 146 valence electrons. The van der Waals surface area contributed by atoms with E-state index in [1.807, 2.05) is 16.9 Å². The summed E-state index contributed by atoms with van der Waals surface area (Å²) >= 11 is 0. The number of rotatable bonds is 5. The van der Waals surface area contributed by atoms with E-state index in [9.17, 15) is 4.79 Å². The number of aromatic nitrogens is 2. The molecule has 1 amide bonds. The van der Waals surface area contributed by atoms with Crippen LogP contribution in [0.4, 0.5) is 0 Å². The van der Waals surface area contributed by atoms with Crippen molar-refractivity contribution in [2.75, 3.05) is 26.2 Å². The Bertz CT molecular complexity index is 576. The Hall–Kier alpha value is -1.11. The molecule has 3 fully saturated rings. The van der Waals surface area contributed by atoms with E-state index in [0.717, 1.165) is 58.3 Å². The van der Waals surface area contributed by atoms with Crippen LogP contribution in [0, 0.1) is 0 Å². The number of ether oxygens (including phenoxy) is 1. The van der Waals surface area contributed by atoms with E-state index in [1.54, 1.807) is 0 Å². The zero-order valence-corrected chi connectivity index (χ0v) is 16.3. The van der Waals surface area contributed by atoms with Crippen LogP contribution in [0.1, 0.15) is 67.9 Å². The highest BCUT2D eigenvalue weighted by Crippen LogP contribution is 2.27. The zero-order valence-electron chi connectivity index (χ0n) is 15.4. The second-order valence-electron chi connectivity index (χ2n) is 7.71. The van der Waals surface area contributed by atoms with Crippen LogP contribution in [0.15, 0.2) is 12.3 Å². The molecule has 3 heterocycles. The molecule has 3 aliphatic rings. The molecule has 2 atom stereocenters. The molecular weight excluding hydrogens is 352 g/mol. The van der Waals surface area contributed by atoms with Gasteiger partial charge in [-0.15, -0.1) is 12.4 Å². The molecule has 1 aliphatic carbocycles. The van der Waals surface area contributed by atoms with E-state index in [4.69, 9.17) is 4.74 Å². The minimum atomic E-state index is 0. The van der Waals surface area contributed by atoms with Crippen molar-refractivity contribution in [2.24, 2.45) is 0 Å². The fourth-order valence-electron chi connectivity index (χ4n) is 4.48. The molecule has 0 spiro atoms. The largest absolute Gasteiger partial charge is 0.376 e. The monoisotopic (exact) mass is 382 g/mol. The van der Waals surface area contributed by atoms with Crippen molar-refractivity contribution in [3.8, 4) is 0 Å². The molecule has 7 heteroatoms. The summed E-state index contributed by atoms with van der Waals surface area (Å²) in [6.45, 7) is 3.58. The van der Waals surface area contributed by atoms with Crippen LogP contribution < -0.4 is 5.32 Å². The first-order valence-electron chi connectivity index (χ1n) is 10.00. The number of carbonyl (C=O) groups is 1. The van der Waals surface area contributed by atoms with Crippen LogP contribution in [0.5, 0.6) is 0 Å². The van der Waals surface area contributed by atoms with Gasteiger partial charge in [0.25, 0.3) is 5.91 Å². The summed E-state index contributed by atoms with van der Waals surface area (Å²) in [4.78, 5) is 15.3. The van der Waals surface area contributed by atoms with Gasteiger partial charge >= 0.3 is 0 Å². The Morgan fingerprint density at radius 1 is 1.23 bits per heavy atom. The molecule has 1 N–H and O–H groups in total. The second-order valence-corrected chi connectivity index (χ2v) is 7.71. The number of nitrogens with one attached hydrogen (secondary N) is 1. The Morgan fingerprint density at radius 2 is 2.08 bits per heavy atom. The summed E-state index contributed by atoms with van der Waals surface area (Å²) in [5.41, 5.74) is 0.593. The average Bonchev–Trinajstić information content (AvgIpc) is 3.42. The molecule has 1 saturated carbocycles. The minimum Gasteiger partial charge on any atom is -0.376 e. The Labute approximate surface area is 162 Å². The molecule has 2 unspecified atom stereocenters. The normalized spacial score (nSPS) is 26.6. The van der Waals surface area contributed by atoms with E-state index in [-0.39, 0.29) is 24.4 Å². The molecule has 4 rings (SSSR count). The molecule has 1 aromatic rings. The first-order valence-corrected chi connectivity index (χ1v) is 10.00. The fourth-order valence-corrected chi connectivity index (χ4v) is 4.48.